The summed E-state index contributed by atoms with van der Waals surface area (Å²) in [6, 6.07) is 10.1. The number of hydrogen-bond acceptors (Lipinski definition) is 4. The van der Waals surface area contributed by atoms with Crippen LogP contribution in [-0.2, 0) is 13.1 Å². The van der Waals surface area contributed by atoms with E-state index in [4.69, 9.17) is 4.52 Å². The van der Waals surface area contributed by atoms with Gasteiger partial charge >= 0.3 is 0 Å². The number of nitrogens with zero attached hydrogens (tertiary/aromatic N) is 4. The maximum absolute atomic E-state index is 4.82. The van der Waals surface area contributed by atoms with Crippen LogP contribution in [0.5, 0.6) is 0 Å². The van der Waals surface area contributed by atoms with Crippen LogP contribution in [0.3, 0.4) is 0 Å². The maximum atomic E-state index is 4.82. The molecule has 25 heavy (non-hydrogen) atoms. The molecule has 2 heterocycles. The summed E-state index contributed by atoms with van der Waals surface area (Å²) in [6.07, 6.45) is 2.54. The van der Waals surface area contributed by atoms with Gasteiger partial charge in [-0.1, -0.05) is 17.3 Å². The fourth-order valence-electron chi connectivity index (χ4n) is 2.74. The average molecular weight is 340 g/mol. The van der Waals surface area contributed by atoms with E-state index in [9.17, 15) is 0 Å². The van der Waals surface area contributed by atoms with Gasteiger partial charge in [-0.05, 0) is 32.4 Å². The molecule has 0 saturated heterocycles. The lowest BCUT2D eigenvalue weighted by atomic mass is 10.3. The quantitative estimate of drug-likeness (QED) is 0.392. The third-order valence-electron chi connectivity index (χ3n) is 3.93. The Hall–Kier alpha value is -2.83. The number of fused-ring (bicyclic) bond motifs is 1. The molecule has 0 saturated carbocycles. The molecule has 0 spiro atoms. The van der Waals surface area contributed by atoms with Crippen molar-refractivity contribution in [1.29, 1.82) is 0 Å². The lowest BCUT2D eigenvalue weighted by molar-refractivity contribution is 0.412. The van der Waals surface area contributed by atoms with Crippen molar-refractivity contribution in [3.8, 4) is 0 Å². The Morgan fingerprint density at radius 2 is 2.12 bits per heavy atom. The van der Waals surface area contributed by atoms with Crippen LogP contribution < -0.4 is 10.6 Å². The lowest BCUT2D eigenvalue weighted by Crippen LogP contribution is -2.38. The Morgan fingerprint density at radius 3 is 2.92 bits per heavy atom. The molecule has 1 aromatic carbocycles. The molecule has 0 atom stereocenters. The van der Waals surface area contributed by atoms with Crippen molar-refractivity contribution in [3.05, 3.63) is 48.1 Å². The van der Waals surface area contributed by atoms with Crippen LogP contribution in [0.1, 0.15) is 24.9 Å². The molecule has 7 nitrogen and oxygen atoms in total. The van der Waals surface area contributed by atoms with Gasteiger partial charge in [0.2, 0.25) is 0 Å². The van der Waals surface area contributed by atoms with Gasteiger partial charge in [0.05, 0.1) is 17.6 Å². The summed E-state index contributed by atoms with van der Waals surface area (Å²) in [4.78, 5) is 9.12. The molecular weight excluding hydrogens is 316 g/mol. The van der Waals surface area contributed by atoms with Crippen molar-refractivity contribution in [2.45, 2.75) is 33.4 Å². The van der Waals surface area contributed by atoms with Crippen LogP contribution in [0.15, 0.2) is 46.1 Å². The number of aromatic nitrogens is 3. The fourth-order valence-corrected chi connectivity index (χ4v) is 2.74. The second-order valence-corrected chi connectivity index (χ2v) is 5.77. The van der Waals surface area contributed by atoms with Crippen molar-refractivity contribution >= 4 is 17.0 Å². The fraction of sp³-hybridized carbons (Fsp3) is 0.389. The monoisotopic (exact) mass is 340 g/mol. The Morgan fingerprint density at radius 1 is 1.24 bits per heavy atom. The zero-order chi connectivity index (χ0) is 17.5. The molecule has 2 N–H and O–H groups in total. The van der Waals surface area contributed by atoms with E-state index in [0.717, 1.165) is 49.0 Å². The van der Waals surface area contributed by atoms with Crippen LogP contribution in [-0.4, -0.2) is 33.8 Å². The van der Waals surface area contributed by atoms with Gasteiger partial charge in [-0.2, -0.15) is 0 Å². The van der Waals surface area contributed by atoms with Gasteiger partial charge in [0.15, 0.2) is 5.96 Å². The third-order valence-corrected chi connectivity index (χ3v) is 3.93. The predicted molar refractivity (Wildman–Crippen MR) is 98.4 cm³/mol. The molecule has 132 valence electrons. The number of nitrogens with one attached hydrogen (secondary N) is 2. The molecule has 3 rings (SSSR count). The normalized spacial score (nSPS) is 11.8. The van der Waals surface area contributed by atoms with E-state index in [1.165, 1.54) is 5.52 Å². The first kappa shape index (κ1) is 17.0. The van der Waals surface area contributed by atoms with Crippen molar-refractivity contribution < 1.29 is 4.52 Å². The van der Waals surface area contributed by atoms with E-state index < -0.39 is 0 Å². The van der Waals surface area contributed by atoms with Crippen LogP contribution in [0.25, 0.3) is 11.0 Å². The number of benzene rings is 1. The summed E-state index contributed by atoms with van der Waals surface area (Å²) in [5.41, 5.74) is 3.06. The highest BCUT2D eigenvalue weighted by atomic mass is 16.5. The molecule has 0 radical (unpaired) electrons. The highest BCUT2D eigenvalue weighted by Crippen LogP contribution is 2.15. The SMILES string of the molecule is CCNC(=NCc1ccon1)NCCCn1c(C)nc2ccccc21. The summed E-state index contributed by atoms with van der Waals surface area (Å²) >= 11 is 0. The topological polar surface area (TPSA) is 80.3 Å². The molecule has 0 unspecified atom stereocenters. The molecule has 0 aliphatic heterocycles. The smallest absolute Gasteiger partial charge is 0.191 e. The number of guanidine groups is 1. The van der Waals surface area contributed by atoms with Crippen LogP contribution in [0, 0.1) is 6.92 Å². The predicted octanol–water partition coefficient (Wildman–Crippen LogP) is 2.48. The number of rotatable bonds is 7. The maximum Gasteiger partial charge on any atom is 0.191 e. The first-order valence-corrected chi connectivity index (χ1v) is 8.61. The van der Waals surface area contributed by atoms with Gasteiger partial charge in [-0.25, -0.2) is 9.98 Å². The zero-order valence-electron chi connectivity index (χ0n) is 14.7. The minimum atomic E-state index is 0.497. The number of para-hydroxylation sites is 2. The summed E-state index contributed by atoms with van der Waals surface area (Å²) in [5, 5.41) is 10.5. The van der Waals surface area contributed by atoms with E-state index in [-0.39, 0.29) is 0 Å². The standard InChI is InChI=1S/C18H24N6O/c1-3-19-18(21-13-15-9-12-25-23-15)20-10-6-11-24-14(2)22-16-7-4-5-8-17(16)24/h4-5,7-9,12H,3,6,10-11,13H2,1-2H3,(H2,19,20,21). The number of aryl methyl sites for hydroxylation is 2. The molecule has 0 fully saturated rings. The van der Waals surface area contributed by atoms with Crippen molar-refractivity contribution in [2.75, 3.05) is 13.1 Å². The first-order chi connectivity index (χ1) is 12.3. The largest absolute Gasteiger partial charge is 0.364 e. The molecular formula is C18H24N6O. The lowest BCUT2D eigenvalue weighted by Gasteiger charge is -2.12. The molecule has 2 aromatic heterocycles. The van der Waals surface area contributed by atoms with E-state index in [1.807, 2.05) is 19.1 Å². The molecule has 3 aromatic rings. The Bertz CT molecular complexity index is 821. The Balaban J connectivity index is 1.53. The highest BCUT2D eigenvalue weighted by molar-refractivity contribution is 5.79. The van der Waals surface area contributed by atoms with Crippen molar-refractivity contribution in [3.63, 3.8) is 0 Å². The molecule has 0 aliphatic carbocycles. The first-order valence-electron chi connectivity index (χ1n) is 8.61. The zero-order valence-corrected chi connectivity index (χ0v) is 14.7. The molecule has 0 bridgehead atoms. The number of hydrogen-bond donors (Lipinski definition) is 2. The average Bonchev–Trinajstić information content (AvgIpc) is 3.24. The van der Waals surface area contributed by atoms with Gasteiger partial charge in [0.1, 0.15) is 17.8 Å². The van der Waals surface area contributed by atoms with Gasteiger partial charge in [0, 0.05) is 25.7 Å². The Kier molecular flexibility index (Phi) is 5.66. The third kappa shape index (κ3) is 4.37. The van der Waals surface area contributed by atoms with Crippen molar-refractivity contribution in [1.82, 2.24) is 25.3 Å². The van der Waals surface area contributed by atoms with Crippen LogP contribution in [0.2, 0.25) is 0 Å². The highest BCUT2D eigenvalue weighted by Gasteiger charge is 2.06. The number of imidazole rings is 1. The van der Waals surface area contributed by atoms with Gasteiger partial charge in [0.25, 0.3) is 0 Å². The molecule has 0 aliphatic rings. The minimum Gasteiger partial charge on any atom is -0.364 e. The van der Waals surface area contributed by atoms with E-state index >= 15 is 0 Å². The second kappa shape index (κ2) is 8.32. The van der Waals surface area contributed by atoms with E-state index in [1.54, 1.807) is 6.26 Å². The van der Waals surface area contributed by atoms with Gasteiger partial charge < -0.3 is 19.7 Å². The van der Waals surface area contributed by atoms with Crippen molar-refractivity contribution in [2.24, 2.45) is 4.99 Å². The summed E-state index contributed by atoms with van der Waals surface area (Å²) < 4.78 is 7.08. The van der Waals surface area contributed by atoms with E-state index in [0.29, 0.717) is 6.54 Å². The minimum absolute atomic E-state index is 0.497. The molecule has 0 amide bonds. The summed E-state index contributed by atoms with van der Waals surface area (Å²) in [5.74, 6) is 1.84. The summed E-state index contributed by atoms with van der Waals surface area (Å²) in [7, 11) is 0. The van der Waals surface area contributed by atoms with Crippen LogP contribution >= 0.6 is 0 Å². The second-order valence-electron chi connectivity index (χ2n) is 5.77. The molecule has 7 heteroatoms. The van der Waals surface area contributed by atoms with Gasteiger partial charge in [-0.15, -0.1) is 0 Å². The number of aliphatic imine (C=N–C) groups is 1. The summed E-state index contributed by atoms with van der Waals surface area (Å²) in [6.45, 7) is 7.16. The van der Waals surface area contributed by atoms with E-state index in [2.05, 4.69) is 55.5 Å². The van der Waals surface area contributed by atoms with Gasteiger partial charge in [-0.3, -0.25) is 0 Å². The Labute approximate surface area is 147 Å². The van der Waals surface area contributed by atoms with Crippen LogP contribution in [0.4, 0.5) is 0 Å².